The van der Waals surface area contributed by atoms with Gasteiger partial charge in [0.15, 0.2) is 0 Å². The molecule has 0 bridgehead atoms. The van der Waals surface area contributed by atoms with Gasteiger partial charge >= 0.3 is 0 Å². The van der Waals surface area contributed by atoms with Crippen LogP contribution in [0.4, 0.5) is 0 Å². The Kier molecular flexibility index (Phi) is 4.70. The van der Waals surface area contributed by atoms with Crippen molar-refractivity contribution < 1.29 is 0 Å². The van der Waals surface area contributed by atoms with Gasteiger partial charge in [0.25, 0.3) is 0 Å². The largest absolute Gasteiger partial charge is 0.103 e. The van der Waals surface area contributed by atoms with E-state index in [1.165, 1.54) is 5.56 Å². The number of allylic oxidation sites excluding steroid dienone is 3. The number of hydrogen-bond donors (Lipinski definition) is 0. The second-order valence-corrected chi connectivity index (χ2v) is 3.02. The Morgan fingerprint density at radius 3 is 2.54 bits per heavy atom. The second-order valence-electron chi connectivity index (χ2n) is 3.02. The lowest BCUT2D eigenvalue weighted by molar-refractivity contribution is 0.996. The molecule has 0 unspecified atom stereocenters. The van der Waals surface area contributed by atoms with Crippen LogP contribution in [0.5, 0.6) is 0 Å². The maximum Gasteiger partial charge on any atom is -0.0172 e. The average Bonchev–Trinajstić information content (AvgIpc) is 2.19. The zero-order chi connectivity index (χ0) is 9.36. The van der Waals surface area contributed by atoms with Crippen molar-refractivity contribution in [2.75, 3.05) is 0 Å². The summed E-state index contributed by atoms with van der Waals surface area (Å²) in [6.45, 7) is 3.67. The summed E-state index contributed by atoms with van der Waals surface area (Å²) in [5.74, 6) is 0. The smallest absolute Gasteiger partial charge is 0.0172 e. The van der Waals surface area contributed by atoms with E-state index in [0.29, 0.717) is 0 Å². The van der Waals surface area contributed by atoms with Crippen LogP contribution in [0.3, 0.4) is 0 Å². The van der Waals surface area contributed by atoms with Crippen molar-refractivity contribution in [3.63, 3.8) is 0 Å². The van der Waals surface area contributed by atoms with Gasteiger partial charge in [-0.05, 0) is 24.8 Å². The minimum atomic E-state index is 0.981. The molecule has 0 nitrogen and oxygen atoms in total. The molecule has 0 aromatic heterocycles. The van der Waals surface area contributed by atoms with Crippen LogP contribution in [-0.4, -0.2) is 0 Å². The minimum absolute atomic E-state index is 0.981. The minimum Gasteiger partial charge on any atom is -0.103 e. The van der Waals surface area contributed by atoms with Gasteiger partial charge in [0, 0.05) is 0 Å². The summed E-state index contributed by atoms with van der Waals surface area (Å²) in [4.78, 5) is 0. The molecule has 0 heterocycles. The van der Waals surface area contributed by atoms with Gasteiger partial charge in [0.1, 0.15) is 0 Å². The standard InChI is InChI=1S/C13H16/c1-2-3-4-5-7-10-13-11-8-6-9-12-13/h2,4-6,8-9,11-12H,1,3,7,10H2/b5-4+. The molecule has 1 aromatic rings. The fraction of sp³-hybridized carbons (Fsp3) is 0.231. The lowest BCUT2D eigenvalue weighted by Gasteiger charge is -1.95. The van der Waals surface area contributed by atoms with Crippen LogP contribution < -0.4 is 0 Å². The summed E-state index contributed by atoms with van der Waals surface area (Å²) < 4.78 is 0. The molecular formula is C13H16. The lowest BCUT2D eigenvalue weighted by Crippen LogP contribution is -1.80. The van der Waals surface area contributed by atoms with Crippen LogP contribution in [0.1, 0.15) is 18.4 Å². The molecular weight excluding hydrogens is 156 g/mol. The zero-order valence-electron chi connectivity index (χ0n) is 7.95. The highest BCUT2D eigenvalue weighted by Gasteiger charge is 1.86. The van der Waals surface area contributed by atoms with E-state index in [2.05, 4.69) is 49.1 Å². The lowest BCUT2D eigenvalue weighted by atomic mass is 10.1. The monoisotopic (exact) mass is 172 g/mol. The van der Waals surface area contributed by atoms with Gasteiger partial charge in [0.05, 0.1) is 0 Å². The first-order chi connectivity index (χ1) is 6.43. The van der Waals surface area contributed by atoms with Crippen molar-refractivity contribution in [3.05, 3.63) is 60.7 Å². The third kappa shape index (κ3) is 4.32. The number of benzene rings is 1. The Morgan fingerprint density at radius 1 is 1.08 bits per heavy atom. The predicted molar refractivity (Wildman–Crippen MR) is 58.7 cm³/mol. The van der Waals surface area contributed by atoms with E-state index in [-0.39, 0.29) is 0 Å². The molecule has 0 spiro atoms. The van der Waals surface area contributed by atoms with E-state index in [0.717, 1.165) is 19.3 Å². The Labute approximate surface area is 80.6 Å². The van der Waals surface area contributed by atoms with Gasteiger partial charge in [-0.25, -0.2) is 0 Å². The summed E-state index contributed by atoms with van der Waals surface area (Å²) in [5.41, 5.74) is 1.41. The normalized spacial score (nSPS) is 10.5. The Hall–Kier alpha value is -1.30. The van der Waals surface area contributed by atoms with Gasteiger partial charge in [-0.1, -0.05) is 48.6 Å². The molecule has 13 heavy (non-hydrogen) atoms. The zero-order valence-corrected chi connectivity index (χ0v) is 7.95. The van der Waals surface area contributed by atoms with Crippen molar-refractivity contribution in [2.45, 2.75) is 19.3 Å². The molecule has 0 N–H and O–H groups in total. The molecule has 1 rings (SSSR count). The van der Waals surface area contributed by atoms with Gasteiger partial charge in [-0.3, -0.25) is 0 Å². The average molecular weight is 172 g/mol. The van der Waals surface area contributed by atoms with Crippen LogP contribution in [0.2, 0.25) is 0 Å². The van der Waals surface area contributed by atoms with E-state index < -0.39 is 0 Å². The van der Waals surface area contributed by atoms with Crippen LogP contribution >= 0.6 is 0 Å². The molecule has 0 radical (unpaired) electrons. The molecule has 0 aliphatic rings. The van der Waals surface area contributed by atoms with Crippen LogP contribution in [0.15, 0.2) is 55.1 Å². The first-order valence-corrected chi connectivity index (χ1v) is 4.73. The number of aryl methyl sites for hydroxylation is 1. The summed E-state index contributed by atoms with van der Waals surface area (Å²) in [6, 6.07) is 10.6. The molecule has 0 amide bonds. The second kappa shape index (κ2) is 6.24. The highest BCUT2D eigenvalue weighted by atomic mass is 13.9. The fourth-order valence-electron chi connectivity index (χ4n) is 1.20. The molecule has 0 saturated heterocycles. The topological polar surface area (TPSA) is 0 Å². The van der Waals surface area contributed by atoms with E-state index in [9.17, 15) is 0 Å². The summed E-state index contributed by atoms with van der Waals surface area (Å²) >= 11 is 0. The summed E-state index contributed by atoms with van der Waals surface area (Å²) in [5, 5.41) is 0. The molecule has 1 aromatic carbocycles. The molecule has 0 saturated carbocycles. The molecule has 0 heteroatoms. The van der Waals surface area contributed by atoms with E-state index in [1.54, 1.807) is 0 Å². The molecule has 0 atom stereocenters. The van der Waals surface area contributed by atoms with Crippen LogP contribution in [0.25, 0.3) is 0 Å². The number of rotatable bonds is 5. The van der Waals surface area contributed by atoms with Crippen molar-refractivity contribution in [3.8, 4) is 0 Å². The number of hydrogen-bond acceptors (Lipinski definition) is 0. The fourth-order valence-corrected chi connectivity index (χ4v) is 1.20. The first-order valence-electron chi connectivity index (χ1n) is 4.73. The first kappa shape index (κ1) is 9.79. The Bertz CT molecular complexity index is 257. The van der Waals surface area contributed by atoms with E-state index in [4.69, 9.17) is 0 Å². The van der Waals surface area contributed by atoms with E-state index in [1.807, 2.05) is 6.08 Å². The Morgan fingerprint density at radius 2 is 1.85 bits per heavy atom. The third-order valence-corrected chi connectivity index (χ3v) is 1.91. The van der Waals surface area contributed by atoms with Crippen molar-refractivity contribution in [1.29, 1.82) is 0 Å². The van der Waals surface area contributed by atoms with Gasteiger partial charge < -0.3 is 0 Å². The summed E-state index contributed by atoms with van der Waals surface area (Å²) in [7, 11) is 0. The maximum atomic E-state index is 3.67. The summed E-state index contributed by atoms with van der Waals surface area (Å²) in [6.07, 6.45) is 9.53. The van der Waals surface area contributed by atoms with Crippen LogP contribution in [0, 0.1) is 0 Å². The highest BCUT2D eigenvalue weighted by molar-refractivity contribution is 5.15. The predicted octanol–water partition coefficient (Wildman–Crippen LogP) is 3.75. The Balaban J connectivity index is 2.24. The van der Waals surface area contributed by atoms with Gasteiger partial charge in [-0.15, -0.1) is 6.58 Å². The quantitative estimate of drug-likeness (QED) is 0.593. The molecule has 0 aliphatic heterocycles. The third-order valence-electron chi connectivity index (χ3n) is 1.91. The van der Waals surface area contributed by atoms with E-state index >= 15 is 0 Å². The van der Waals surface area contributed by atoms with Crippen molar-refractivity contribution in [2.24, 2.45) is 0 Å². The molecule has 0 aliphatic carbocycles. The molecule has 68 valence electrons. The maximum absolute atomic E-state index is 3.67. The van der Waals surface area contributed by atoms with Crippen LogP contribution in [-0.2, 0) is 6.42 Å². The molecule has 0 fully saturated rings. The SMILES string of the molecule is C=CC/C=C/CCc1ccccc1. The van der Waals surface area contributed by atoms with Gasteiger partial charge in [0.2, 0.25) is 0 Å². The highest BCUT2D eigenvalue weighted by Crippen LogP contribution is 2.02. The van der Waals surface area contributed by atoms with Gasteiger partial charge in [-0.2, -0.15) is 0 Å². The van der Waals surface area contributed by atoms with Crippen molar-refractivity contribution >= 4 is 0 Å². The van der Waals surface area contributed by atoms with Crippen molar-refractivity contribution in [1.82, 2.24) is 0 Å².